The SMILES string of the molecule is Cc1cn2cc(-c3nc4cnc(C5CCN(CCO)CC5)cn4c(=O)c3C)ccc2n1. The Bertz CT molecular complexity index is 1320. The highest BCUT2D eigenvalue weighted by Gasteiger charge is 2.22. The first kappa shape index (κ1) is 19.8. The van der Waals surface area contributed by atoms with Gasteiger partial charge >= 0.3 is 0 Å². The lowest BCUT2D eigenvalue weighted by Crippen LogP contribution is -2.35. The molecule has 1 aliphatic rings. The van der Waals surface area contributed by atoms with Crippen LogP contribution in [0.15, 0.2) is 41.7 Å². The van der Waals surface area contributed by atoms with Crippen molar-refractivity contribution in [3.63, 3.8) is 0 Å². The van der Waals surface area contributed by atoms with Crippen molar-refractivity contribution in [3.8, 4) is 11.3 Å². The van der Waals surface area contributed by atoms with E-state index < -0.39 is 0 Å². The van der Waals surface area contributed by atoms with Crippen LogP contribution in [0.2, 0.25) is 0 Å². The van der Waals surface area contributed by atoms with E-state index in [9.17, 15) is 4.79 Å². The fourth-order valence-electron chi connectivity index (χ4n) is 4.50. The zero-order valence-electron chi connectivity index (χ0n) is 17.8. The summed E-state index contributed by atoms with van der Waals surface area (Å²) in [6, 6.07) is 3.89. The fourth-order valence-corrected chi connectivity index (χ4v) is 4.50. The number of likely N-dealkylation sites (tertiary alicyclic amines) is 1. The van der Waals surface area contributed by atoms with E-state index in [1.807, 2.05) is 49.0 Å². The van der Waals surface area contributed by atoms with Gasteiger partial charge in [-0.15, -0.1) is 0 Å². The molecule has 4 aromatic rings. The van der Waals surface area contributed by atoms with Crippen molar-refractivity contribution in [2.24, 2.45) is 0 Å². The molecule has 0 unspecified atom stereocenters. The normalized spacial score (nSPS) is 15.8. The first-order chi connectivity index (χ1) is 15.0. The number of nitrogens with zero attached hydrogens (tertiary/aromatic N) is 6. The van der Waals surface area contributed by atoms with Crippen LogP contribution in [0.3, 0.4) is 0 Å². The average molecular weight is 419 g/mol. The molecular formula is C23H26N6O2. The van der Waals surface area contributed by atoms with Gasteiger partial charge in [-0.1, -0.05) is 0 Å². The molecule has 5 heterocycles. The summed E-state index contributed by atoms with van der Waals surface area (Å²) < 4.78 is 3.58. The zero-order valence-corrected chi connectivity index (χ0v) is 17.8. The molecule has 0 aromatic carbocycles. The molecule has 31 heavy (non-hydrogen) atoms. The number of piperidine rings is 1. The minimum Gasteiger partial charge on any atom is -0.395 e. The number of fused-ring (bicyclic) bond motifs is 2. The predicted molar refractivity (Wildman–Crippen MR) is 118 cm³/mol. The van der Waals surface area contributed by atoms with Crippen molar-refractivity contribution in [3.05, 3.63) is 64.2 Å². The number of hydrogen-bond donors (Lipinski definition) is 1. The Balaban J connectivity index is 1.51. The van der Waals surface area contributed by atoms with Gasteiger partial charge in [0.15, 0.2) is 5.65 Å². The maximum Gasteiger partial charge on any atom is 0.261 e. The van der Waals surface area contributed by atoms with Crippen LogP contribution in [0.4, 0.5) is 0 Å². The number of pyridine rings is 1. The summed E-state index contributed by atoms with van der Waals surface area (Å²) in [6.07, 6.45) is 9.43. The van der Waals surface area contributed by atoms with Gasteiger partial charge in [0.05, 0.1) is 29.9 Å². The van der Waals surface area contributed by atoms with Crippen LogP contribution in [0, 0.1) is 13.8 Å². The van der Waals surface area contributed by atoms with E-state index in [0.717, 1.165) is 48.5 Å². The number of aliphatic hydroxyl groups is 1. The molecule has 0 aliphatic carbocycles. The van der Waals surface area contributed by atoms with Gasteiger partial charge in [0.1, 0.15) is 5.65 Å². The molecule has 160 valence electrons. The number of aryl methyl sites for hydroxylation is 1. The monoisotopic (exact) mass is 418 g/mol. The summed E-state index contributed by atoms with van der Waals surface area (Å²) >= 11 is 0. The van der Waals surface area contributed by atoms with E-state index in [1.165, 1.54) is 0 Å². The quantitative estimate of drug-likeness (QED) is 0.547. The van der Waals surface area contributed by atoms with Gasteiger partial charge in [-0.05, 0) is 51.9 Å². The van der Waals surface area contributed by atoms with Gasteiger partial charge < -0.3 is 14.4 Å². The molecule has 1 aliphatic heterocycles. The highest BCUT2D eigenvalue weighted by Crippen LogP contribution is 2.27. The molecule has 0 radical (unpaired) electrons. The highest BCUT2D eigenvalue weighted by atomic mass is 16.3. The smallest absolute Gasteiger partial charge is 0.261 e. The van der Waals surface area contributed by atoms with Gasteiger partial charge in [0.25, 0.3) is 5.56 Å². The summed E-state index contributed by atoms with van der Waals surface area (Å²) in [5, 5.41) is 9.13. The van der Waals surface area contributed by atoms with E-state index in [-0.39, 0.29) is 12.2 Å². The third-order valence-electron chi connectivity index (χ3n) is 6.23. The Kier molecular flexibility index (Phi) is 5.03. The molecule has 5 rings (SSSR count). The van der Waals surface area contributed by atoms with E-state index >= 15 is 0 Å². The maximum absolute atomic E-state index is 13.2. The lowest BCUT2D eigenvalue weighted by Gasteiger charge is -2.31. The summed E-state index contributed by atoms with van der Waals surface area (Å²) in [5.41, 5.74) is 5.39. The Morgan fingerprint density at radius 2 is 1.87 bits per heavy atom. The van der Waals surface area contributed by atoms with Crippen LogP contribution in [0.25, 0.3) is 22.6 Å². The predicted octanol–water partition coefficient (Wildman–Crippen LogP) is 2.19. The van der Waals surface area contributed by atoms with Gasteiger partial charge in [0, 0.05) is 42.2 Å². The second kappa shape index (κ2) is 7.86. The maximum atomic E-state index is 13.2. The first-order valence-electron chi connectivity index (χ1n) is 10.7. The van der Waals surface area contributed by atoms with Crippen molar-refractivity contribution in [1.82, 2.24) is 28.7 Å². The summed E-state index contributed by atoms with van der Waals surface area (Å²) in [6.45, 7) is 6.56. The average Bonchev–Trinajstić information content (AvgIpc) is 3.16. The highest BCUT2D eigenvalue weighted by molar-refractivity contribution is 5.66. The van der Waals surface area contributed by atoms with E-state index in [4.69, 9.17) is 10.1 Å². The Hall–Kier alpha value is -3.10. The van der Waals surface area contributed by atoms with E-state index in [2.05, 4.69) is 14.9 Å². The van der Waals surface area contributed by atoms with Gasteiger partial charge in [-0.3, -0.25) is 14.2 Å². The van der Waals surface area contributed by atoms with Gasteiger partial charge in [0.2, 0.25) is 0 Å². The van der Waals surface area contributed by atoms with Crippen LogP contribution in [-0.2, 0) is 0 Å². The molecule has 0 amide bonds. The lowest BCUT2D eigenvalue weighted by molar-refractivity contribution is 0.163. The first-order valence-corrected chi connectivity index (χ1v) is 10.7. The number of hydrogen-bond acceptors (Lipinski definition) is 6. The van der Waals surface area contributed by atoms with E-state index in [0.29, 0.717) is 29.4 Å². The molecule has 8 nitrogen and oxygen atoms in total. The molecule has 1 saturated heterocycles. The molecule has 8 heteroatoms. The third kappa shape index (κ3) is 3.62. The van der Waals surface area contributed by atoms with Crippen molar-refractivity contribution in [2.75, 3.05) is 26.2 Å². The topological polar surface area (TPSA) is 88.0 Å². The van der Waals surface area contributed by atoms with Crippen molar-refractivity contribution < 1.29 is 5.11 Å². The van der Waals surface area contributed by atoms with Gasteiger partial charge in [-0.2, -0.15) is 0 Å². The van der Waals surface area contributed by atoms with Crippen LogP contribution >= 0.6 is 0 Å². The molecule has 0 spiro atoms. The number of imidazole rings is 1. The van der Waals surface area contributed by atoms with Gasteiger partial charge in [-0.25, -0.2) is 9.97 Å². The summed E-state index contributed by atoms with van der Waals surface area (Å²) in [4.78, 5) is 29.4. The minimum atomic E-state index is -0.0664. The number of rotatable bonds is 4. The Morgan fingerprint density at radius 1 is 1.06 bits per heavy atom. The number of aliphatic hydroxyl groups excluding tert-OH is 1. The minimum absolute atomic E-state index is 0.0664. The van der Waals surface area contributed by atoms with Crippen LogP contribution in [0.1, 0.15) is 35.7 Å². The van der Waals surface area contributed by atoms with Crippen molar-refractivity contribution in [2.45, 2.75) is 32.6 Å². The van der Waals surface area contributed by atoms with E-state index in [1.54, 1.807) is 10.6 Å². The number of β-amino-alcohol motifs (C(OH)–C–C–N with tert-alkyl or cyclic N) is 1. The standard InChI is InChI=1S/C23H26N6O2/c1-15-12-28-13-18(3-4-20(28)25-15)22-16(2)23(31)29-14-19(24-11-21(29)26-22)17-5-7-27(8-6-17)9-10-30/h3-4,11-14,17,30H,5-10H2,1-2H3. The summed E-state index contributed by atoms with van der Waals surface area (Å²) in [5.74, 6) is 0.318. The molecule has 1 N–H and O–H groups in total. The molecule has 1 fully saturated rings. The molecular weight excluding hydrogens is 392 g/mol. The summed E-state index contributed by atoms with van der Waals surface area (Å²) in [7, 11) is 0. The second-order valence-corrected chi connectivity index (χ2v) is 8.34. The lowest BCUT2D eigenvalue weighted by atomic mass is 9.94. The van der Waals surface area contributed by atoms with Crippen LogP contribution < -0.4 is 5.56 Å². The van der Waals surface area contributed by atoms with Crippen LogP contribution in [0.5, 0.6) is 0 Å². The second-order valence-electron chi connectivity index (χ2n) is 8.34. The molecule has 4 aromatic heterocycles. The number of aromatic nitrogens is 5. The van der Waals surface area contributed by atoms with Crippen molar-refractivity contribution >= 4 is 11.3 Å². The molecule has 0 atom stereocenters. The van der Waals surface area contributed by atoms with Crippen LogP contribution in [-0.4, -0.2) is 60.0 Å². The molecule has 0 bridgehead atoms. The fraction of sp³-hybridized carbons (Fsp3) is 0.391. The largest absolute Gasteiger partial charge is 0.395 e. The third-order valence-corrected chi connectivity index (χ3v) is 6.23. The molecule has 0 saturated carbocycles. The zero-order chi connectivity index (χ0) is 21.5. The van der Waals surface area contributed by atoms with Crippen molar-refractivity contribution in [1.29, 1.82) is 0 Å². The Labute approximate surface area is 179 Å². The Morgan fingerprint density at radius 3 is 2.65 bits per heavy atom.